The number of benzene rings is 1. The van der Waals surface area contributed by atoms with Crippen molar-refractivity contribution in [3.05, 3.63) is 55.7 Å². The van der Waals surface area contributed by atoms with E-state index in [2.05, 4.69) is 5.10 Å². The van der Waals surface area contributed by atoms with E-state index >= 15 is 0 Å². The minimum Gasteiger partial charge on any atom is -0.258 e. The van der Waals surface area contributed by atoms with Crippen LogP contribution >= 0.6 is 22.9 Å². The Morgan fingerprint density at radius 1 is 1.24 bits per heavy atom. The first-order valence-electron chi connectivity index (χ1n) is 5.43. The van der Waals surface area contributed by atoms with Crippen molar-refractivity contribution in [2.75, 3.05) is 0 Å². The van der Waals surface area contributed by atoms with Crippen molar-refractivity contribution in [1.82, 2.24) is 4.83 Å². The largest absolute Gasteiger partial charge is 0.276 e. The molecule has 0 aliphatic carbocycles. The van der Waals surface area contributed by atoms with Crippen molar-refractivity contribution in [3.63, 3.8) is 0 Å². The fourth-order valence-electron chi connectivity index (χ4n) is 1.36. The molecule has 1 aromatic carbocycles. The molecule has 1 aromatic heterocycles. The van der Waals surface area contributed by atoms with Gasteiger partial charge < -0.3 is 0 Å². The number of nitrogens with zero attached hydrogens (tertiary/aromatic N) is 2. The molecule has 0 spiro atoms. The molecule has 7 nitrogen and oxygen atoms in total. The zero-order chi connectivity index (χ0) is 15.5. The third-order valence-electron chi connectivity index (χ3n) is 2.32. The summed E-state index contributed by atoms with van der Waals surface area (Å²) in [4.78, 5) is 12.5. The average molecular weight is 346 g/mol. The van der Waals surface area contributed by atoms with Crippen molar-refractivity contribution in [2.24, 2.45) is 5.10 Å². The van der Waals surface area contributed by atoms with Crippen LogP contribution in [0.2, 0.25) is 4.34 Å². The standard InChI is InChI=1S/C11H8ClN3O4S2/c12-11-6-3-9(20-11)7-13-14-21(18,19)10-4-1-8(2-5-10)15(16)17/h1-7,14H/b13-7+. The monoisotopic (exact) mass is 345 g/mol. The van der Waals surface area contributed by atoms with Crippen LogP contribution < -0.4 is 4.83 Å². The SMILES string of the molecule is O=[N+]([O-])c1ccc(S(=O)(=O)N/N=C/c2ccc(Cl)s2)cc1. The number of nitrogens with one attached hydrogen (secondary N) is 1. The summed E-state index contributed by atoms with van der Waals surface area (Å²) in [6.07, 6.45) is 1.32. The summed E-state index contributed by atoms with van der Waals surface area (Å²) in [7, 11) is -3.86. The third kappa shape index (κ3) is 4.00. The van der Waals surface area contributed by atoms with Crippen LogP contribution in [0.15, 0.2) is 46.4 Å². The Balaban J connectivity index is 2.11. The molecule has 2 rings (SSSR count). The maximum absolute atomic E-state index is 11.9. The molecule has 0 amide bonds. The molecule has 0 aliphatic rings. The number of nitro benzene ring substituents is 1. The molecular weight excluding hydrogens is 338 g/mol. The first kappa shape index (κ1) is 15.4. The summed E-state index contributed by atoms with van der Waals surface area (Å²) in [6.45, 7) is 0. The molecule has 0 aliphatic heterocycles. The fraction of sp³-hybridized carbons (Fsp3) is 0. The molecule has 0 unspecified atom stereocenters. The molecule has 0 saturated heterocycles. The number of hydrazone groups is 1. The molecule has 2 aromatic rings. The van der Waals surface area contributed by atoms with E-state index in [1.54, 1.807) is 12.1 Å². The van der Waals surface area contributed by atoms with Crippen LogP contribution in [0.5, 0.6) is 0 Å². The first-order valence-corrected chi connectivity index (χ1v) is 8.11. The maximum Gasteiger partial charge on any atom is 0.276 e. The molecule has 110 valence electrons. The number of nitro groups is 1. The van der Waals surface area contributed by atoms with Gasteiger partial charge in [-0.1, -0.05) is 11.6 Å². The highest BCUT2D eigenvalue weighted by Gasteiger charge is 2.14. The second kappa shape index (κ2) is 6.20. The smallest absolute Gasteiger partial charge is 0.258 e. The number of hydrogen-bond donors (Lipinski definition) is 1. The van der Waals surface area contributed by atoms with Gasteiger partial charge in [0.1, 0.15) is 0 Å². The van der Waals surface area contributed by atoms with Gasteiger partial charge in [0.15, 0.2) is 0 Å². The summed E-state index contributed by atoms with van der Waals surface area (Å²) < 4.78 is 24.3. The lowest BCUT2D eigenvalue weighted by atomic mass is 10.3. The molecule has 0 fully saturated rings. The number of thiophene rings is 1. The summed E-state index contributed by atoms with van der Waals surface area (Å²) >= 11 is 6.97. The van der Waals surface area contributed by atoms with Gasteiger partial charge in [-0.2, -0.15) is 13.5 Å². The lowest BCUT2D eigenvalue weighted by Gasteiger charge is -2.02. The van der Waals surface area contributed by atoms with Crippen molar-refractivity contribution in [3.8, 4) is 0 Å². The highest BCUT2D eigenvalue weighted by molar-refractivity contribution is 7.89. The number of hydrogen-bond acceptors (Lipinski definition) is 6. The molecule has 21 heavy (non-hydrogen) atoms. The molecule has 1 heterocycles. The van der Waals surface area contributed by atoms with Crippen molar-refractivity contribution < 1.29 is 13.3 Å². The van der Waals surface area contributed by atoms with Gasteiger partial charge in [-0.15, -0.1) is 11.3 Å². The predicted molar refractivity (Wildman–Crippen MR) is 80.3 cm³/mol. The van der Waals surface area contributed by atoms with Gasteiger partial charge in [-0.25, -0.2) is 4.83 Å². The molecule has 1 N–H and O–H groups in total. The molecule has 0 saturated carbocycles. The van der Waals surface area contributed by atoms with Crippen LogP contribution in [0.3, 0.4) is 0 Å². The van der Waals surface area contributed by atoms with Gasteiger partial charge in [0.2, 0.25) is 0 Å². The van der Waals surface area contributed by atoms with E-state index in [1.807, 2.05) is 4.83 Å². The minimum absolute atomic E-state index is 0.116. The van der Waals surface area contributed by atoms with E-state index in [4.69, 9.17) is 11.6 Å². The molecular formula is C11H8ClN3O4S2. The number of halogens is 1. The predicted octanol–water partition coefficient (Wildman–Crippen LogP) is 2.62. The van der Waals surface area contributed by atoms with Crippen LogP contribution in [0.25, 0.3) is 0 Å². The molecule has 0 radical (unpaired) electrons. The van der Waals surface area contributed by atoms with Gasteiger partial charge >= 0.3 is 0 Å². The summed E-state index contributed by atoms with van der Waals surface area (Å²) in [6, 6.07) is 7.85. The Kier molecular flexibility index (Phi) is 4.56. The molecule has 10 heteroatoms. The van der Waals surface area contributed by atoms with E-state index in [9.17, 15) is 18.5 Å². The zero-order valence-corrected chi connectivity index (χ0v) is 12.7. The molecule has 0 bridgehead atoms. The fourth-order valence-corrected chi connectivity index (χ4v) is 3.08. The van der Waals surface area contributed by atoms with Crippen molar-refractivity contribution in [2.45, 2.75) is 4.90 Å². The molecule has 0 atom stereocenters. The van der Waals surface area contributed by atoms with Gasteiger partial charge in [-0.3, -0.25) is 10.1 Å². The second-order valence-corrected chi connectivity index (χ2v) is 7.15. The van der Waals surface area contributed by atoms with Crippen LogP contribution in [-0.2, 0) is 10.0 Å². The summed E-state index contributed by atoms with van der Waals surface area (Å²) in [5, 5.41) is 14.1. The van der Waals surface area contributed by atoms with Gasteiger partial charge in [0.25, 0.3) is 15.7 Å². The van der Waals surface area contributed by atoms with Crippen LogP contribution in [0.1, 0.15) is 4.88 Å². The third-order valence-corrected chi connectivity index (χ3v) is 4.72. The second-order valence-electron chi connectivity index (χ2n) is 3.75. The number of sulfonamides is 1. The summed E-state index contributed by atoms with van der Waals surface area (Å²) in [5.41, 5.74) is -0.189. The number of non-ortho nitro benzene ring substituents is 1. The van der Waals surface area contributed by atoms with Crippen LogP contribution in [0.4, 0.5) is 5.69 Å². The Bertz CT molecular complexity index is 784. The number of rotatable bonds is 5. The normalized spacial score (nSPS) is 11.7. The Morgan fingerprint density at radius 3 is 2.43 bits per heavy atom. The Hall–Kier alpha value is -1.97. The highest BCUT2D eigenvalue weighted by atomic mass is 35.5. The average Bonchev–Trinajstić information content (AvgIpc) is 2.84. The quantitative estimate of drug-likeness (QED) is 0.511. The van der Waals surface area contributed by atoms with Gasteiger partial charge in [-0.05, 0) is 24.3 Å². The van der Waals surface area contributed by atoms with Gasteiger partial charge in [0.05, 0.1) is 20.4 Å². The van der Waals surface area contributed by atoms with E-state index in [-0.39, 0.29) is 10.6 Å². The van der Waals surface area contributed by atoms with Crippen molar-refractivity contribution in [1.29, 1.82) is 0 Å². The van der Waals surface area contributed by atoms with E-state index < -0.39 is 14.9 Å². The Morgan fingerprint density at radius 2 is 1.90 bits per heavy atom. The van der Waals surface area contributed by atoms with E-state index in [0.29, 0.717) is 9.21 Å². The van der Waals surface area contributed by atoms with E-state index in [0.717, 1.165) is 24.3 Å². The van der Waals surface area contributed by atoms with Crippen LogP contribution in [0, 0.1) is 10.1 Å². The first-order chi connectivity index (χ1) is 9.88. The maximum atomic E-state index is 11.9. The lowest BCUT2D eigenvalue weighted by molar-refractivity contribution is -0.384. The van der Waals surface area contributed by atoms with Crippen LogP contribution in [-0.4, -0.2) is 19.6 Å². The highest BCUT2D eigenvalue weighted by Crippen LogP contribution is 2.19. The zero-order valence-electron chi connectivity index (χ0n) is 10.3. The Labute approximate surface area is 129 Å². The lowest BCUT2D eigenvalue weighted by Crippen LogP contribution is -2.18. The topological polar surface area (TPSA) is 102 Å². The van der Waals surface area contributed by atoms with Crippen molar-refractivity contribution >= 4 is 44.9 Å². The van der Waals surface area contributed by atoms with E-state index in [1.165, 1.54) is 17.6 Å². The minimum atomic E-state index is -3.86. The van der Waals surface area contributed by atoms with Gasteiger partial charge in [0, 0.05) is 17.0 Å². The summed E-state index contributed by atoms with van der Waals surface area (Å²) in [5.74, 6) is 0.